The van der Waals surface area contributed by atoms with Gasteiger partial charge in [0.2, 0.25) is 0 Å². The number of carboxylic acids is 1. The number of Topliss-reactive ketones (excluding diaryl/α,β-unsaturated/α-hetero) is 1. The second kappa shape index (κ2) is 13.9. The lowest BCUT2D eigenvalue weighted by atomic mass is 9.86. The van der Waals surface area contributed by atoms with Gasteiger partial charge in [-0.3, -0.25) is 9.59 Å². The minimum atomic E-state index is -0.873. The van der Waals surface area contributed by atoms with Crippen molar-refractivity contribution in [2.45, 2.75) is 90.6 Å². The second-order valence-corrected chi connectivity index (χ2v) is 11.1. The van der Waals surface area contributed by atoms with Crippen LogP contribution >= 0.6 is 0 Å². The molecule has 38 heavy (non-hydrogen) atoms. The molecule has 3 aromatic carbocycles. The number of carboxylic acid groups (broad SMARTS) is 1. The SMILES string of the molecule is CCCCCCC(Oc1ccc(-c2ccc(C(C)(C)C)cc2)cc1)c1ccc(C(=O)CCCC(=O)O)cc1. The molecule has 0 spiro atoms. The molecule has 1 N–H and O–H groups in total. The summed E-state index contributed by atoms with van der Waals surface area (Å²) in [4.78, 5) is 23.2. The molecule has 3 aromatic rings. The topological polar surface area (TPSA) is 63.6 Å². The predicted molar refractivity (Wildman–Crippen MR) is 155 cm³/mol. The number of carbonyl (C=O) groups excluding carboxylic acids is 1. The normalized spacial score (nSPS) is 12.2. The van der Waals surface area contributed by atoms with Crippen molar-refractivity contribution in [3.8, 4) is 16.9 Å². The molecule has 3 rings (SSSR count). The predicted octanol–water partition coefficient (Wildman–Crippen LogP) is 9.18. The van der Waals surface area contributed by atoms with Gasteiger partial charge in [0, 0.05) is 18.4 Å². The van der Waals surface area contributed by atoms with Crippen molar-refractivity contribution in [1.82, 2.24) is 0 Å². The van der Waals surface area contributed by atoms with Gasteiger partial charge in [-0.1, -0.05) is 108 Å². The van der Waals surface area contributed by atoms with E-state index in [1.165, 1.54) is 30.4 Å². The monoisotopic (exact) mass is 514 g/mol. The molecule has 4 nitrogen and oxygen atoms in total. The fraction of sp³-hybridized carbons (Fsp3) is 0.412. The van der Waals surface area contributed by atoms with E-state index >= 15 is 0 Å². The van der Waals surface area contributed by atoms with Crippen LogP contribution in [0.25, 0.3) is 11.1 Å². The number of ether oxygens (including phenoxy) is 1. The lowest BCUT2D eigenvalue weighted by Crippen LogP contribution is -2.10. The summed E-state index contributed by atoms with van der Waals surface area (Å²) in [6.07, 6.45) is 6.05. The molecule has 202 valence electrons. The molecule has 1 unspecified atom stereocenters. The molecule has 0 saturated carbocycles. The average Bonchev–Trinajstić information content (AvgIpc) is 2.90. The van der Waals surface area contributed by atoms with Gasteiger partial charge < -0.3 is 9.84 Å². The molecular formula is C34H42O4. The highest BCUT2D eigenvalue weighted by Gasteiger charge is 2.16. The van der Waals surface area contributed by atoms with E-state index in [1.807, 2.05) is 36.4 Å². The van der Waals surface area contributed by atoms with Gasteiger partial charge >= 0.3 is 5.97 Å². The summed E-state index contributed by atoms with van der Waals surface area (Å²) in [6, 6.07) is 24.7. The van der Waals surface area contributed by atoms with Gasteiger partial charge in [-0.2, -0.15) is 0 Å². The van der Waals surface area contributed by atoms with E-state index in [4.69, 9.17) is 9.84 Å². The van der Waals surface area contributed by atoms with E-state index in [9.17, 15) is 9.59 Å². The van der Waals surface area contributed by atoms with Crippen LogP contribution in [0.3, 0.4) is 0 Å². The van der Waals surface area contributed by atoms with Gasteiger partial charge in [-0.25, -0.2) is 0 Å². The third kappa shape index (κ3) is 8.86. The van der Waals surface area contributed by atoms with Crippen LogP contribution in [0.1, 0.15) is 107 Å². The number of aliphatic carboxylic acids is 1. The first kappa shape index (κ1) is 29.2. The first-order valence-electron chi connectivity index (χ1n) is 13.9. The van der Waals surface area contributed by atoms with Gasteiger partial charge in [-0.15, -0.1) is 0 Å². The van der Waals surface area contributed by atoms with Gasteiger partial charge in [0.1, 0.15) is 11.9 Å². The largest absolute Gasteiger partial charge is 0.486 e. The lowest BCUT2D eigenvalue weighted by molar-refractivity contribution is -0.137. The zero-order valence-corrected chi connectivity index (χ0v) is 23.3. The molecule has 0 saturated heterocycles. The average molecular weight is 515 g/mol. The van der Waals surface area contributed by atoms with Crippen LogP contribution in [0.15, 0.2) is 72.8 Å². The third-order valence-corrected chi connectivity index (χ3v) is 6.94. The Kier molecular flexibility index (Phi) is 10.7. The number of ketones is 1. The Hall–Kier alpha value is -3.40. The molecule has 0 amide bonds. The Morgan fingerprint density at radius 1 is 0.763 bits per heavy atom. The first-order chi connectivity index (χ1) is 18.2. The molecule has 0 heterocycles. The summed E-state index contributed by atoms with van der Waals surface area (Å²) < 4.78 is 6.48. The highest BCUT2D eigenvalue weighted by Crippen LogP contribution is 2.31. The van der Waals surface area contributed by atoms with Gasteiger partial charge in [0.15, 0.2) is 5.78 Å². The maximum absolute atomic E-state index is 12.4. The van der Waals surface area contributed by atoms with Crippen molar-refractivity contribution in [3.05, 3.63) is 89.5 Å². The van der Waals surface area contributed by atoms with E-state index in [-0.39, 0.29) is 30.1 Å². The number of unbranched alkanes of at least 4 members (excludes halogenated alkanes) is 3. The quantitative estimate of drug-likeness (QED) is 0.172. The summed E-state index contributed by atoms with van der Waals surface area (Å²) >= 11 is 0. The van der Waals surface area contributed by atoms with Crippen molar-refractivity contribution in [2.24, 2.45) is 0 Å². The Bertz CT molecular complexity index is 1150. The number of hydrogen-bond donors (Lipinski definition) is 1. The highest BCUT2D eigenvalue weighted by atomic mass is 16.5. The molecule has 0 radical (unpaired) electrons. The number of rotatable bonds is 14. The summed E-state index contributed by atoms with van der Waals surface area (Å²) in [5.41, 5.74) is 5.46. The van der Waals surface area contributed by atoms with Crippen LogP contribution in [0, 0.1) is 0 Å². The molecule has 0 fully saturated rings. The zero-order valence-electron chi connectivity index (χ0n) is 23.3. The van der Waals surface area contributed by atoms with Gasteiger partial charge in [-0.05, 0) is 59.1 Å². The maximum atomic E-state index is 12.4. The van der Waals surface area contributed by atoms with Crippen molar-refractivity contribution < 1.29 is 19.4 Å². The Balaban J connectivity index is 1.70. The Labute approximate surface area is 228 Å². The molecule has 0 aliphatic rings. The fourth-order valence-electron chi connectivity index (χ4n) is 4.53. The molecule has 1 atom stereocenters. The first-order valence-corrected chi connectivity index (χ1v) is 13.9. The smallest absolute Gasteiger partial charge is 0.303 e. The maximum Gasteiger partial charge on any atom is 0.303 e. The minimum absolute atomic E-state index is 0.0124. The standard InChI is InChI=1S/C34H42O4/c1-5-6-7-8-11-32(28-15-13-27(14-16-28)31(35)10-9-12-33(36)37)38-30-23-19-26(20-24-30)25-17-21-29(22-18-25)34(2,3)4/h13-24,32H,5-12H2,1-4H3,(H,36,37). The minimum Gasteiger partial charge on any atom is -0.486 e. The second-order valence-electron chi connectivity index (χ2n) is 11.1. The van der Waals surface area contributed by atoms with E-state index in [0.717, 1.165) is 29.7 Å². The van der Waals surface area contributed by atoms with E-state index < -0.39 is 5.97 Å². The van der Waals surface area contributed by atoms with Crippen molar-refractivity contribution in [2.75, 3.05) is 0 Å². The molecule has 0 aliphatic carbocycles. The summed E-state index contributed by atoms with van der Waals surface area (Å²) in [5, 5.41) is 8.80. The highest BCUT2D eigenvalue weighted by molar-refractivity contribution is 5.96. The van der Waals surface area contributed by atoms with Crippen LogP contribution in [0.5, 0.6) is 5.75 Å². The number of hydrogen-bond acceptors (Lipinski definition) is 3. The van der Waals surface area contributed by atoms with Crippen molar-refractivity contribution in [1.29, 1.82) is 0 Å². The summed E-state index contributed by atoms with van der Waals surface area (Å²) in [6.45, 7) is 8.88. The Morgan fingerprint density at radius 2 is 1.37 bits per heavy atom. The lowest BCUT2D eigenvalue weighted by Gasteiger charge is -2.21. The van der Waals surface area contributed by atoms with Crippen LogP contribution < -0.4 is 4.74 Å². The zero-order chi connectivity index (χ0) is 27.5. The summed E-state index contributed by atoms with van der Waals surface area (Å²) in [7, 11) is 0. The Morgan fingerprint density at radius 3 is 1.92 bits per heavy atom. The number of carbonyl (C=O) groups is 2. The molecule has 0 bridgehead atoms. The van der Waals surface area contributed by atoms with Crippen molar-refractivity contribution >= 4 is 11.8 Å². The van der Waals surface area contributed by atoms with E-state index in [0.29, 0.717) is 12.0 Å². The van der Waals surface area contributed by atoms with E-state index in [1.54, 1.807) is 0 Å². The van der Waals surface area contributed by atoms with Crippen molar-refractivity contribution in [3.63, 3.8) is 0 Å². The van der Waals surface area contributed by atoms with Gasteiger partial charge in [0.05, 0.1) is 0 Å². The molecule has 0 aliphatic heterocycles. The summed E-state index contributed by atoms with van der Waals surface area (Å²) in [5.74, 6) is -0.0681. The van der Waals surface area contributed by atoms with Crippen LogP contribution in [0.4, 0.5) is 0 Å². The van der Waals surface area contributed by atoms with Crippen LogP contribution in [-0.2, 0) is 10.2 Å². The molecule has 0 aromatic heterocycles. The van der Waals surface area contributed by atoms with Crippen LogP contribution in [0.2, 0.25) is 0 Å². The van der Waals surface area contributed by atoms with E-state index in [2.05, 4.69) is 64.1 Å². The number of benzene rings is 3. The third-order valence-electron chi connectivity index (χ3n) is 6.94. The van der Waals surface area contributed by atoms with Crippen LogP contribution in [-0.4, -0.2) is 16.9 Å². The molecule has 4 heteroatoms. The fourth-order valence-corrected chi connectivity index (χ4v) is 4.53. The molecular weight excluding hydrogens is 472 g/mol. The van der Waals surface area contributed by atoms with Gasteiger partial charge in [0.25, 0.3) is 0 Å².